The van der Waals surface area contributed by atoms with Crippen molar-refractivity contribution in [1.82, 2.24) is 5.32 Å². The zero-order valence-corrected chi connectivity index (χ0v) is 28.9. The van der Waals surface area contributed by atoms with Gasteiger partial charge in [0.1, 0.15) is 18.2 Å². The van der Waals surface area contributed by atoms with Crippen molar-refractivity contribution in [3.8, 4) is 11.8 Å². The number of methoxy groups -OCH3 is 2. The summed E-state index contributed by atoms with van der Waals surface area (Å²) in [5.41, 5.74) is -0.0797. The molecule has 0 aromatic heterocycles. The number of amides is 1. The second-order valence-corrected chi connectivity index (χ2v) is 14.3. The van der Waals surface area contributed by atoms with Gasteiger partial charge in [-0.25, -0.2) is 4.79 Å². The maximum absolute atomic E-state index is 13.4. The number of nitrogens with one attached hydrogen (secondary N) is 1. The van der Waals surface area contributed by atoms with Crippen LogP contribution < -0.4 is 5.32 Å². The first kappa shape index (κ1) is 35.9. The van der Waals surface area contributed by atoms with Crippen molar-refractivity contribution in [2.24, 2.45) is 17.8 Å². The molecule has 0 spiro atoms. The van der Waals surface area contributed by atoms with Gasteiger partial charge in [-0.2, -0.15) is 0 Å². The van der Waals surface area contributed by atoms with Gasteiger partial charge in [0.15, 0.2) is 17.7 Å². The van der Waals surface area contributed by atoms with Crippen LogP contribution in [0.1, 0.15) is 60.3 Å². The lowest BCUT2D eigenvalue weighted by molar-refractivity contribution is -0.348. The number of rotatable bonds is 6. The number of allylic oxidation sites excluding steroid dienone is 3. The van der Waals surface area contributed by atoms with Gasteiger partial charge in [-0.1, -0.05) is 49.5 Å². The van der Waals surface area contributed by atoms with Crippen molar-refractivity contribution in [2.45, 2.75) is 126 Å². The van der Waals surface area contributed by atoms with E-state index < -0.39 is 72.7 Å². The molecule has 4 heterocycles. The number of hydrogen-bond acceptors (Lipinski definition) is 10. The van der Waals surface area contributed by atoms with E-state index in [4.69, 9.17) is 44.8 Å². The van der Waals surface area contributed by atoms with Gasteiger partial charge in [-0.3, -0.25) is 4.79 Å². The third kappa shape index (κ3) is 8.07. The Kier molecular flexibility index (Phi) is 11.1. The van der Waals surface area contributed by atoms with Crippen LogP contribution >= 0.6 is 11.6 Å². The molecular weight excluding hydrogens is 630 g/mol. The number of aliphatic hydroxyl groups is 1. The molecule has 3 saturated heterocycles. The van der Waals surface area contributed by atoms with Crippen LogP contribution in [-0.2, 0) is 38.0 Å². The largest absolute Gasteiger partial charge is 0.458 e. The SMILES string of the molecule is CO[C@H]1/C=C(\C)C[C@H](/C=C/C=C/C#C[C@H]2C[C@@H]2Cl)OC(=O)C[C@@]2(O)C[C@@H](O[C@H]3O[C@H](C)[C@@H]4NC(=O)O[C@]4(C)[C@@H]3OC)[C@H](C)[C@H](O2)[C@H]1C. The van der Waals surface area contributed by atoms with Crippen LogP contribution in [0.4, 0.5) is 4.79 Å². The molecule has 11 nitrogen and oxygen atoms in total. The normalized spacial score (nSPS) is 46.5. The topological polar surface area (TPSA) is 131 Å². The molecule has 0 unspecified atom stereocenters. The van der Waals surface area contributed by atoms with E-state index in [0.717, 1.165) is 12.0 Å². The Labute approximate surface area is 282 Å². The molecule has 4 fully saturated rings. The van der Waals surface area contributed by atoms with E-state index in [0.29, 0.717) is 6.42 Å². The first-order valence-electron chi connectivity index (χ1n) is 16.4. The van der Waals surface area contributed by atoms with E-state index in [9.17, 15) is 14.7 Å². The summed E-state index contributed by atoms with van der Waals surface area (Å²) in [6, 6.07) is -0.443. The summed E-state index contributed by atoms with van der Waals surface area (Å²) >= 11 is 6.01. The van der Waals surface area contributed by atoms with Crippen molar-refractivity contribution in [1.29, 1.82) is 0 Å². The molecule has 0 radical (unpaired) electrons. The van der Waals surface area contributed by atoms with Gasteiger partial charge in [0.25, 0.3) is 0 Å². The Hall–Kier alpha value is -2.43. The Morgan fingerprint density at radius 1 is 1.15 bits per heavy atom. The van der Waals surface area contributed by atoms with Crippen LogP contribution in [0.2, 0.25) is 0 Å². The number of ether oxygens (including phenoxy) is 7. The summed E-state index contributed by atoms with van der Waals surface area (Å²) in [5.74, 6) is 3.34. The fraction of sp³-hybridized carbons (Fsp3) is 0.714. The van der Waals surface area contributed by atoms with Crippen molar-refractivity contribution < 1.29 is 47.9 Å². The first-order chi connectivity index (χ1) is 22.3. The smallest absolute Gasteiger partial charge is 0.408 e. The molecule has 12 heteroatoms. The quantitative estimate of drug-likeness (QED) is 0.139. The zero-order valence-electron chi connectivity index (χ0n) is 28.1. The van der Waals surface area contributed by atoms with Gasteiger partial charge < -0.3 is 43.6 Å². The predicted octanol–water partition coefficient (Wildman–Crippen LogP) is 4.16. The highest BCUT2D eigenvalue weighted by atomic mass is 35.5. The molecule has 0 aromatic carbocycles. The van der Waals surface area contributed by atoms with Gasteiger partial charge >= 0.3 is 12.1 Å². The number of esters is 1. The van der Waals surface area contributed by atoms with E-state index >= 15 is 0 Å². The van der Waals surface area contributed by atoms with Crippen molar-refractivity contribution >= 4 is 23.7 Å². The minimum Gasteiger partial charge on any atom is -0.458 e. The van der Waals surface area contributed by atoms with E-state index in [2.05, 4.69) is 17.2 Å². The van der Waals surface area contributed by atoms with Crippen molar-refractivity contribution in [3.05, 3.63) is 36.0 Å². The molecule has 260 valence electrons. The monoisotopic (exact) mass is 677 g/mol. The lowest BCUT2D eigenvalue weighted by Crippen LogP contribution is -2.67. The number of alkyl carbamates (subject to hydrolysis) is 1. The Bertz CT molecular complexity index is 1320. The molecule has 0 aromatic rings. The summed E-state index contributed by atoms with van der Waals surface area (Å²) in [6.07, 6.45) is 5.17. The van der Waals surface area contributed by atoms with E-state index in [-0.39, 0.29) is 35.7 Å². The van der Waals surface area contributed by atoms with E-state index in [1.807, 2.05) is 33.8 Å². The third-order valence-electron chi connectivity index (χ3n) is 9.96. The molecule has 14 atom stereocenters. The van der Waals surface area contributed by atoms with Gasteiger partial charge in [0, 0.05) is 50.2 Å². The number of carbonyl (C=O) groups is 2. The Balaban J connectivity index is 1.37. The highest BCUT2D eigenvalue weighted by Crippen LogP contribution is 2.44. The van der Waals surface area contributed by atoms with Gasteiger partial charge in [0.05, 0.1) is 30.8 Å². The van der Waals surface area contributed by atoms with Crippen molar-refractivity contribution in [2.75, 3.05) is 14.2 Å². The summed E-state index contributed by atoms with van der Waals surface area (Å²) in [4.78, 5) is 25.6. The van der Waals surface area contributed by atoms with Crippen LogP contribution in [0.25, 0.3) is 0 Å². The Morgan fingerprint density at radius 2 is 1.89 bits per heavy atom. The maximum atomic E-state index is 13.4. The molecule has 1 aliphatic carbocycles. The summed E-state index contributed by atoms with van der Waals surface area (Å²) in [7, 11) is 3.14. The fourth-order valence-electron chi connectivity index (χ4n) is 7.26. The summed E-state index contributed by atoms with van der Waals surface area (Å²) < 4.78 is 42.5. The molecule has 4 aliphatic heterocycles. The molecular formula is C35H48ClNO10. The van der Waals surface area contributed by atoms with Crippen LogP contribution in [0, 0.1) is 29.6 Å². The molecule has 5 aliphatic rings. The molecule has 5 rings (SSSR count). The molecule has 1 saturated carbocycles. The van der Waals surface area contributed by atoms with Crippen LogP contribution in [0.5, 0.6) is 0 Å². The molecule has 1 amide bonds. The second-order valence-electron chi connectivity index (χ2n) is 13.7. The van der Waals surface area contributed by atoms with Crippen LogP contribution in [0.3, 0.4) is 0 Å². The number of halogens is 1. The highest BCUT2D eigenvalue weighted by Gasteiger charge is 2.61. The second kappa shape index (κ2) is 14.6. The highest BCUT2D eigenvalue weighted by molar-refractivity contribution is 6.22. The molecule has 47 heavy (non-hydrogen) atoms. The summed E-state index contributed by atoms with van der Waals surface area (Å²) in [6.45, 7) is 9.57. The fourth-order valence-corrected chi connectivity index (χ4v) is 7.51. The number of hydrogen-bond donors (Lipinski definition) is 2. The van der Waals surface area contributed by atoms with Gasteiger partial charge in [0.2, 0.25) is 0 Å². The number of carbonyl (C=O) groups excluding carboxylic acids is 2. The van der Waals surface area contributed by atoms with Gasteiger partial charge in [-0.15, -0.1) is 11.6 Å². The zero-order chi connectivity index (χ0) is 34.1. The van der Waals surface area contributed by atoms with Crippen LogP contribution in [-0.4, -0.2) is 97.1 Å². The minimum absolute atomic E-state index is 0.0338. The average molecular weight is 678 g/mol. The minimum atomic E-state index is -1.90. The predicted molar refractivity (Wildman–Crippen MR) is 172 cm³/mol. The van der Waals surface area contributed by atoms with Gasteiger partial charge in [-0.05, 0) is 39.3 Å². The maximum Gasteiger partial charge on any atom is 0.408 e. The third-order valence-corrected chi connectivity index (χ3v) is 10.4. The lowest BCUT2D eigenvalue weighted by Gasteiger charge is -2.51. The summed E-state index contributed by atoms with van der Waals surface area (Å²) in [5, 5.41) is 14.8. The van der Waals surface area contributed by atoms with Crippen LogP contribution in [0.15, 0.2) is 36.0 Å². The first-order valence-corrected chi connectivity index (χ1v) is 16.8. The Morgan fingerprint density at radius 3 is 2.57 bits per heavy atom. The molecule has 2 bridgehead atoms. The van der Waals surface area contributed by atoms with Crippen molar-refractivity contribution in [3.63, 3.8) is 0 Å². The number of fused-ring (bicyclic) bond motifs is 3. The van der Waals surface area contributed by atoms with E-state index in [1.165, 1.54) is 7.11 Å². The number of cyclic esters (lactones) is 1. The average Bonchev–Trinajstić information content (AvgIpc) is 3.60. The number of alkyl halides is 1. The lowest BCUT2D eigenvalue weighted by atomic mass is 9.79. The van der Waals surface area contributed by atoms with E-state index in [1.54, 1.807) is 38.3 Å². The molecule has 2 N–H and O–H groups in total. The standard InChI is InChI=1S/C35H48ClNO10/c1-19-14-24(13-11-9-8-10-12-23-16-25(23)36)44-28(38)18-35(40)17-27(21(3)29(46-35)20(2)26(15-19)41-6)45-32-31(42-7)34(5)30(22(4)43-32)37-33(39)47-34/h8-9,11,13,15,20-27,29-32,40H,14,16-18H2,1-7H3,(H,37,39)/b9-8+,13-11+,19-15+/t20-,21-,22+,23-,24-,25-,26-,27+,29+,30-,31+,32+,34-,35+/m0/s1.